The average Bonchev–Trinajstić information content (AvgIpc) is 2.38. The van der Waals surface area contributed by atoms with Crippen molar-refractivity contribution in [1.82, 2.24) is 4.90 Å². The molecule has 1 aliphatic heterocycles. The van der Waals surface area contributed by atoms with E-state index in [1.165, 1.54) is 18.4 Å². The van der Waals surface area contributed by atoms with Crippen molar-refractivity contribution in [2.24, 2.45) is 5.92 Å². The van der Waals surface area contributed by atoms with Gasteiger partial charge >= 0.3 is 0 Å². The van der Waals surface area contributed by atoms with Crippen molar-refractivity contribution in [2.45, 2.75) is 25.7 Å². The molecule has 2 rings (SSSR count). The third-order valence-electron chi connectivity index (χ3n) is 3.38. The van der Waals surface area contributed by atoms with E-state index >= 15 is 0 Å². The largest absolute Gasteiger partial charge is 0.345 e. The van der Waals surface area contributed by atoms with Gasteiger partial charge in [-0.05, 0) is 37.2 Å². The van der Waals surface area contributed by atoms with Crippen molar-refractivity contribution in [3.63, 3.8) is 0 Å². The molecule has 1 aliphatic rings. The Hall–Kier alpha value is -1.31. The number of hydrogen-bond donors (Lipinski definition) is 0. The van der Waals surface area contributed by atoms with Crippen LogP contribution in [0, 0.1) is 5.92 Å². The highest BCUT2D eigenvalue weighted by Crippen LogP contribution is 2.20. The lowest BCUT2D eigenvalue weighted by atomic mass is 9.92. The Labute approximate surface area is 97.3 Å². The van der Waals surface area contributed by atoms with E-state index in [9.17, 15) is 4.79 Å². The molecule has 16 heavy (non-hydrogen) atoms. The maximum Gasteiger partial charge on any atom is 0.209 e. The van der Waals surface area contributed by atoms with Crippen molar-refractivity contribution >= 4 is 6.41 Å². The second-order valence-electron chi connectivity index (χ2n) is 4.63. The van der Waals surface area contributed by atoms with Crippen LogP contribution in [0.5, 0.6) is 0 Å². The van der Waals surface area contributed by atoms with Crippen molar-refractivity contribution in [3.05, 3.63) is 35.9 Å². The van der Waals surface area contributed by atoms with Crippen molar-refractivity contribution < 1.29 is 4.79 Å². The third-order valence-corrected chi connectivity index (χ3v) is 3.38. The molecule has 1 unspecified atom stereocenters. The fourth-order valence-corrected chi connectivity index (χ4v) is 2.44. The van der Waals surface area contributed by atoms with E-state index in [-0.39, 0.29) is 0 Å². The molecule has 0 bridgehead atoms. The Morgan fingerprint density at radius 1 is 1.31 bits per heavy atom. The van der Waals surface area contributed by atoms with Gasteiger partial charge in [-0.1, -0.05) is 30.3 Å². The first-order valence-corrected chi connectivity index (χ1v) is 6.12. The van der Waals surface area contributed by atoms with Crippen LogP contribution in [0.25, 0.3) is 0 Å². The SMILES string of the molecule is O=CN1CCCC(CCc2ccccc2)C1. The van der Waals surface area contributed by atoms with Gasteiger partial charge in [-0.2, -0.15) is 0 Å². The number of hydrogen-bond acceptors (Lipinski definition) is 1. The summed E-state index contributed by atoms with van der Waals surface area (Å²) in [5.74, 6) is 0.694. The van der Waals surface area contributed by atoms with Crippen LogP contribution < -0.4 is 0 Å². The van der Waals surface area contributed by atoms with Crippen LogP contribution in [0.2, 0.25) is 0 Å². The van der Waals surface area contributed by atoms with E-state index in [0.717, 1.165) is 32.3 Å². The molecule has 1 amide bonds. The summed E-state index contributed by atoms with van der Waals surface area (Å²) >= 11 is 0. The Morgan fingerprint density at radius 2 is 2.12 bits per heavy atom. The molecule has 0 radical (unpaired) electrons. The molecule has 1 fully saturated rings. The summed E-state index contributed by atoms with van der Waals surface area (Å²) in [6.45, 7) is 1.90. The average molecular weight is 217 g/mol. The quantitative estimate of drug-likeness (QED) is 0.710. The molecular weight excluding hydrogens is 198 g/mol. The molecule has 0 saturated carbocycles. The summed E-state index contributed by atoms with van der Waals surface area (Å²) < 4.78 is 0. The lowest BCUT2D eigenvalue weighted by molar-refractivity contribution is -0.119. The van der Waals surface area contributed by atoms with Gasteiger partial charge in [-0.15, -0.1) is 0 Å². The van der Waals surface area contributed by atoms with E-state index in [4.69, 9.17) is 0 Å². The summed E-state index contributed by atoms with van der Waals surface area (Å²) in [4.78, 5) is 12.6. The Morgan fingerprint density at radius 3 is 2.88 bits per heavy atom. The fraction of sp³-hybridized carbons (Fsp3) is 0.500. The van der Waals surface area contributed by atoms with E-state index in [1.54, 1.807) is 0 Å². The van der Waals surface area contributed by atoms with Gasteiger partial charge in [0.25, 0.3) is 0 Å². The minimum absolute atomic E-state index is 0.694. The second kappa shape index (κ2) is 5.69. The van der Waals surface area contributed by atoms with Gasteiger partial charge in [0.1, 0.15) is 0 Å². The summed E-state index contributed by atoms with van der Waals surface area (Å²) in [6.07, 6.45) is 5.77. The van der Waals surface area contributed by atoms with Gasteiger partial charge in [0.15, 0.2) is 0 Å². The highest BCUT2D eigenvalue weighted by Gasteiger charge is 2.18. The molecule has 86 valence electrons. The molecule has 1 saturated heterocycles. The van der Waals surface area contributed by atoms with Gasteiger partial charge < -0.3 is 4.90 Å². The van der Waals surface area contributed by atoms with Gasteiger partial charge in [0, 0.05) is 13.1 Å². The zero-order valence-electron chi connectivity index (χ0n) is 9.64. The minimum atomic E-state index is 0.694. The van der Waals surface area contributed by atoms with Crippen molar-refractivity contribution in [2.75, 3.05) is 13.1 Å². The summed E-state index contributed by atoms with van der Waals surface area (Å²) in [5, 5.41) is 0. The molecule has 0 aromatic heterocycles. The molecule has 1 heterocycles. The zero-order chi connectivity index (χ0) is 11.2. The first kappa shape index (κ1) is 11.2. The van der Waals surface area contributed by atoms with Gasteiger partial charge in [0.2, 0.25) is 6.41 Å². The number of piperidine rings is 1. The summed E-state index contributed by atoms with van der Waals surface area (Å²) in [6, 6.07) is 10.6. The number of likely N-dealkylation sites (tertiary alicyclic amines) is 1. The molecular formula is C14H19NO. The predicted octanol–water partition coefficient (Wildman–Crippen LogP) is 2.49. The number of nitrogens with zero attached hydrogens (tertiary/aromatic N) is 1. The van der Waals surface area contributed by atoms with E-state index < -0.39 is 0 Å². The molecule has 2 nitrogen and oxygen atoms in total. The number of aryl methyl sites for hydroxylation is 1. The molecule has 1 aromatic carbocycles. The maximum absolute atomic E-state index is 10.7. The summed E-state index contributed by atoms with van der Waals surface area (Å²) in [5.41, 5.74) is 1.41. The van der Waals surface area contributed by atoms with Crippen LogP contribution in [0.15, 0.2) is 30.3 Å². The number of rotatable bonds is 4. The third kappa shape index (κ3) is 3.09. The van der Waals surface area contributed by atoms with Crippen LogP contribution >= 0.6 is 0 Å². The first-order valence-electron chi connectivity index (χ1n) is 6.12. The van der Waals surface area contributed by atoms with Crippen LogP contribution in [0.1, 0.15) is 24.8 Å². The highest BCUT2D eigenvalue weighted by molar-refractivity contribution is 5.47. The first-order chi connectivity index (χ1) is 7.88. The van der Waals surface area contributed by atoms with Gasteiger partial charge in [-0.3, -0.25) is 4.79 Å². The van der Waals surface area contributed by atoms with Crippen LogP contribution in [-0.4, -0.2) is 24.4 Å². The van der Waals surface area contributed by atoms with E-state index in [2.05, 4.69) is 30.3 Å². The molecule has 2 heteroatoms. The minimum Gasteiger partial charge on any atom is -0.345 e. The fourth-order valence-electron chi connectivity index (χ4n) is 2.44. The number of benzene rings is 1. The predicted molar refractivity (Wildman–Crippen MR) is 65.1 cm³/mol. The monoisotopic (exact) mass is 217 g/mol. The molecule has 1 atom stereocenters. The molecule has 1 aromatic rings. The highest BCUT2D eigenvalue weighted by atomic mass is 16.1. The molecule has 0 spiro atoms. The second-order valence-corrected chi connectivity index (χ2v) is 4.63. The summed E-state index contributed by atoms with van der Waals surface area (Å²) in [7, 11) is 0. The number of amides is 1. The standard InChI is InChI=1S/C14H19NO/c16-12-15-10-4-7-14(11-15)9-8-13-5-2-1-3-6-13/h1-3,5-6,12,14H,4,7-11H2. The number of carbonyl (C=O) groups is 1. The Bertz CT molecular complexity index is 323. The Kier molecular flexibility index (Phi) is 3.97. The van der Waals surface area contributed by atoms with Crippen LogP contribution in [0.3, 0.4) is 0 Å². The Balaban J connectivity index is 1.79. The van der Waals surface area contributed by atoms with Crippen molar-refractivity contribution in [1.29, 1.82) is 0 Å². The maximum atomic E-state index is 10.7. The van der Waals surface area contributed by atoms with Crippen molar-refractivity contribution in [3.8, 4) is 0 Å². The zero-order valence-corrected chi connectivity index (χ0v) is 9.64. The smallest absolute Gasteiger partial charge is 0.209 e. The van der Waals surface area contributed by atoms with Gasteiger partial charge in [-0.25, -0.2) is 0 Å². The number of carbonyl (C=O) groups excluding carboxylic acids is 1. The molecule has 0 N–H and O–H groups in total. The van der Waals surface area contributed by atoms with E-state index in [1.807, 2.05) is 4.90 Å². The lowest BCUT2D eigenvalue weighted by Gasteiger charge is -2.29. The van der Waals surface area contributed by atoms with E-state index in [0.29, 0.717) is 5.92 Å². The topological polar surface area (TPSA) is 20.3 Å². The van der Waals surface area contributed by atoms with Crippen LogP contribution in [0.4, 0.5) is 0 Å². The molecule has 0 aliphatic carbocycles. The normalized spacial score (nSPS) is 20.8. The van der Waals surface area contributed by atoms with Crippen LogP contribution in [-0.2, 0) is 11.2 Å². The van der Waals surface area contributed by atoms with Gasteiger partial charge in [0.05, 0.1) is 0 Å². The lowest BCUT2D eigenvalue weighted by Crippen LogP contribution is -2.34.